The maximum atomic E-state index is 12.7. The van der Waals surface area contributed by atoms with E-state index >= 15 is 0 Å². The number of fused-ring (bicyclic) bond motifs is 1. The highest BCUT2D eigenvalue weighted by molar-refractivity contribution is 7.17. The molecule has 27 heavy (non-hydrogen) atoms. The van der Waals surface area contributed by atoms with Gasteiger partial charge in [0.2, 0.25) is 5.91 Å². The summed E-state index contributed by atoms with van der Waals surface area (Å²) in [6, 6.07) is 11.5. The zero-order valence-electron chi connectivity index (χ0n) is 14.6. The molecule has 4 rings (SSSR count). The van der Waals surface area contributed by atoms with Gasteiger partial charge in [-0.05, 0) is 11.4 Å². The second kappa shape index (κ2) is 7.16. The Hall–Kier alpha value is -3.26. The average Bonchev–Trinajstić information content (AvgIpc) is 3.32. The van der Waals surface area contributed by atoms with Gasteiger partial charge in [-0.2, -0.15) is 0 Å². The highest BCUT2D eigenvalue weighted by Gasteiger charge is 2.15. The molecule has 1 N–H and O–H groups in total. The number of aromatic nitrogens is 4. The van der Waals surface area contributed by atoms with Crippen LogP contribution in [0.2, 0.25) is 0 Å². The largest absolute Gasteiger partial charge is 0.337 e. The number of imidazole rings is 1. The summed E-state index contributed by atoms with van der Waals surface area (Å²) in [6.45, 7) is 0.390. The monoisotopic (exact) mass is 379 g/mol. The topological polar surface area (TPSA) is 83.9 Å². The van der Waals surface area contributed by atoms with Gasteiger partial charge in [0, 0.05) is 25.0 Å². The number of benzene rings is 1. The Morgan fingerprint density at radius 1 is 1.26 bits per heavy atom. The summed E-state index contributed by atoms with van der Waals surface area (Å²) in [4.78, 5) is 37.8. The van der Waals surface area contributed by atoms with Gasteiger partial charge in [-0.25, -0.2) is 9.97 Å². The molecule has 0 aliphatic heterocycles. The summed E-state index contributed by atoms with van der Waals surface area (Å²) in [5, 5.41) is 1.83. The second-order valence-corrected chi connectivity index (χ2v) is 7.06. The number of hydrogen-bond acceptors (Lipinski definition) is 5. The molecular weight excluding hydrogens is 362 g/mol. The molecule has 3 heterocycles. The van der Waals surface area contributed by atoms with Crippen molar-refractivity contribution in [3.05, 3.63) is 70.4 Å². The molecule has 0 saturated heterocycles. The summed E-state index contributed by atoms with van der Waals surface area (Å²) < 4.78 is 2.41. The maximum Gasteiger partial charge on any atom is 0.268 e. The Bertz CT molecular complexity index is 1150. The SMILES string of the molecule is CN(Cc1nc2ccsc2c(=O)[nH]1)C(=O)Cn1ccnc1-c1ccccc1. The molecule has 3 aromatic heterocycles. The van der Waals surface area contributed by atoms with Gasteiger partial charge in [-0.1, -0.05) is 30.3 Å². The van der Waals surface area contributed by atoms with Gasteiger partial charge in [0.1, 0.15) is 22.9 Å². The molecule has 1 aromatic carbocycles. The van der Waals surface area contributed by atoms with Crippen molar-refractivity contribution in [2.45, 2.75) is 13.1 Å². The quantitative estimate of drug-likeness (QED) is 0.577. The number of carbonyl (C=O) groups excluding carboxylic acids is 1. The van der Waals surface area contributed by atoms with Crippen molar-refractivity contribution >= 4 is 27.5 Å². The van der Waals surface area contributed by atoms with Crippen LogP contribution in [0.3, 0.4) is 0 Å². The fourth-order valence-electron chi connectivity index (χ4n) is 2.86. The number of nitrogens with one attached hydrogen (secondary N) is 1. The third kappa shape index (κ3) is 3.52. The molecule has 0 saturated carbocycles. The normalized spacial score (nSPS) is 11.0. The lowest BCUT2D eigenvalue weighted by Gasteiger charge is -2.17. The summed E-state index contributed by atoms with van der Waals surface area (Å²) >= 11 is 1.35. The minimum Gasteiger partial charge on any atom is -0.337 e. The molecule has 0 radical (unpaired) electrons. The van der Waals surface area contributed by atoms with Crippen molar-refractivity contribution in [2.24, 2.45) is 0 Å². The van der Waals surface area contributed by atoms with Crippen molar-refractivity contribution in [2.75, 3.05) is 7.05 Å². The Balaban J connectivity index is 1.50. The van der Waals surface area contributed by atoms with Crippen LogP contribution in [0, 0.1) is 0 Å². The third-order valence-electron chi connectivity index (χ3n) is 4.23. The number of hydrogen-bond donors (Lipinski definition) is 1. The van der Waals surface area contributed by atoms with Crippen LogP contribution in [-0.4, -0.2) is 37.4 Å². The molecule has 0 bridgehead atoms. The molecule has 0 aliphatic rings. The lowest BCUT2D eigenvalue weighted by atomic mass is 10.2. The van der Waals surface area contributed by atoms with Gasteiger partial charge < -0.3 is 14.5 Å². The molecule has 8 heteroatoms. The van der Waals surface area contributed by atoms with E-state index in [1.54, 1.807) is 30.4 Å². The Kier molecular flexibility index (Phi) is 4.55. The molecule has 1 amide bonds. The van der Waals surface area contributed by atoms with Crippen molar-refractivity contribution in [3.63, 3.8) is 0 Å². The summed E-state index contributed by atoms with van der Waals surface area (Å²) in [5.41, 5.74) is 1.43. The summed E-state index contributed by atoms with van der Waals surface area (Å²) in [6.07, 6.45) is 3.46. The number of likely N-dealkylation sites (N-methyl/N-ethyl adjacent to an activating group) is 1. The smallest absolute Gasteiger partial charge is 0.268 e. The predicted octanol–water partition coefficient (Wildman–Crippen LogP) is 2.51. The first-order chi connectivity index (χ1) is 13.1. The standard InChI is InChI=1S/C19H17N5O2S/c1-23(11-15-21-14-7-10-27-17(14)19(26)22-15)16(25)12-24-9-8-20-18(24)13-5-3-2-4-6-13/h2-10H,11-12H2,1H3,(H,21,22,26). The van der Waals surface area contributed by atoms with E-state index < -0.39 is 0 Å². The zero-order chi connectivity index (χ0) is 18.8. The summed E-state index contributed by atoms with van der Waals surface area (Å²) in [5.74, 6) is 1.11. The maximum absolute atomic E-state index is 12.7. The van der Waals surface area contributed by atoms with Gasteiger partial charge in [-0.3, -0.25) is 9.59 Å². The van der Waals surface area contributed by atoms with Crippen molar-refractivity contribution in [3.8, 4) is 11.4 Å². The highest BCUT2D eigenvalue weighted by atomic mass is 32.1. The van der Waals surface area contributed by atoms with Crippen LogP contribution < -0.4 is 5.56 Å². The van der Waals surface area contributed by atoms with Crippen LogP contribution in [0.25, 0.3) is 21.6 Å². The van der Waals surface area contributed by atoms with Crippen LogP contribution in [0.5, 0.6) is 0 Å². The number of thiophene rings is 1. The van der Waals surface area contributed by atoms with Gasteiger partial charge in [0.15, 0.2) is 0 Å². The van der Waals surface area contributed by atoms with E-state index in [0.717, 1.165) is 11.4 Å². The van der Waals surface area contributed by atoms with Crippen molar-refractivity contribution < 1.29 is 4.79 Å². The molecule has 0 atom stereocenters. The van der Waals surface area contributed by atoms with E-state index in [0.29, 0.717) is 16.0 Å². The van der Waals surface area contributed by atoms with Crippen LogP contribution in [0.1, 0.15) is 5.82 Å². The first kappa shape index (κ1) is 17.2. The van der Waals surface area contributed by atoms with Crippen LogP contribution >= 0.6 is 11.3 Å². The number of carbonyl (C=O) groups is 1. The molecule has 0 unspecified atom stereocenters. The third-order valence-corrected chi connectivity index (χ3v) is 5.13. The molecule has 0 fully saturated rings. The van der Waals surface area contributed by atoms with Gasteiger partial charge >= 0.3 is 0 Å². The first-order valence-corrected chi connectivity index (χ1v) is 9.26. The minimum atomic E-state index is -0.174. The number of nitrogens with zero attached hydrogens (tertiary/aromatic N) is 4. The van der Waals surface area contributed by atoms with Crippen LogP contribution in [0.4, 0.5) is 0 Å². The van der Waals surface area contributed by atoms with E-state index in [2.05, 4.69) is 15.0 Å². The van der Waals surface area contributed by atoms with Gasteiger partial charge in [-0.15, -0.1) is 11.3 Å². The van der Waals surface area contributed by atoms with E-state index in [1.807, 2.05) is 40.3 Å². The summed E-state index contributed by atoms with van der Waals surface area (Å²) in [7, 11) is 1.69. The minimum absolute atomic E-state index is 0.0988. The lowest BCUT2D eigenvalue weighted by Crippen LogP contribution is -2.31. The molecule has 0 aliphatic carbocycles. The number of amides is 1. The molecule has 7 nitrogen and oxygen atoms in total. The van der Waals surface area contributed by atoms with Crippen molar-refractivity contribution in [1.29, 1.82) is 0 Å². The molecular formula is C19H17N5O2S. The molecule has 136 valence electrons. The van der Waals surface area contributed by atoms with Crippen molar-refractivity contribution in [1.82, 2.24) is 24.4 Å². The number of aromatic amines is 1. The fourth-order valence-corrected chi connectivity index (χ4v) is 3.59. The van der Waals surface area contributed by atoms with E-state index in [1.165, 1.54) is 11.3 Å². The Morgan fingerprint density at radius 2 is 2.07 bits per heavy atom. The first-order valence-electron chi connectivity index (χ1n) is 8.39. The van der Waals surface area contributed by atoms with Gasteiger partial charge in [0.05, 0.1) is 12.1 Å². The molecule has 4 aromatic rings. The van der Waals surface area contributed by atoms with E-state index in [-0.39, 0.29) is 24.6 Å². The van der Waals surface area contributed by atoms with Crippen LogP contribution in [-0.2, 0) is 17.9 Å². The van der Waals surface area contributed by atoms with E-state index in [4.69, 9.17) is 0 Å². The second-order valence-electron chi connectivity index (χ2n) is 6.14. The van der Waals surface area contributed by atoms with E-state index in [9.17, 15) is 9.59 Å². The zero-order valence-corrected chi connectivity index (χ0v) is 15.4. The van der Waals surface area contributed by atoms with Crippen LogP contribution in [0.15, 0.2) is 59.0 Å². The Labute approximate surface area is 158 Å². The highest BCUT2D eigenvalue weighted by Crippen LogP contribution is 2.17. The lowest BCUT2D eigenvalue weighted by molar-refractivity contribution is -0.131. The molecule has 0 spiro atoms. The Morgan fingerprint density at radius 3 is 2.89 bits per heavy atom. The predicted molar refractivity (Wildman–Crippen MR) is 104 cm³/mol. The van der Waals surface area contributed by atoms with Gasteiger partial charge in [0.25, 0.3) is 5.56 Å². The fraction of sp³-hybridized carbons (Fsp3) is 0.158. The number of rotatable bonds is 5. The average molecular weight is 379 g/mol. The number of H-pyrrole nitrogens is 1.